The first-order valence-corrected chi connectivity index (χ1v) is 31.2. The molecule has 0 spiro atoms. The summed E-state index contributed by atoms with van der Waals surface area (Å²) >= 11 is 25.8. The molecule has 0 fully saturated rings. The minimum Gasteiger partial charge on any atom is -0.323 e. The minimum atomic E-state index is -0.433. The first kappa shape index (κ1) is 65.4. The molecule has 0 saturated carbocycles. The number of halogens is 6. The number of pyridine rings is 2. The summed E-state index contributed by atoms with van der Waals surface area (Å²) in [6, 6.07) is 76.3. The Hall–Kier alpha value is -5.11. The van der Waals surface area contributed by atoms with E-state index in [-0.39, 0.29) is 36.4 Å². The Balaban J connectivity index is 0.000000194. The van der Waals surface area contributed by atoms with E-state index in [0.717, 1.165) is 68.6 Å². The number of nitrogens with zero attached hydrogens (tertiary/aromatic N) is 4. The van der Waals surface area contributed by atoms with Crippen LogP contribution in [0.25, 0.3) is 22.5 Å². The summed E-state index contributed by atoms with van der Waals surface area (Å²) in [7, 11) is 0. The fourth-order valence-corrected chi connectivity index (χ4v) is 11.6. The maximum Gasteiger partial charge on any atom is 1.00 e. The molecule has 0 amide bonds. The molecule has 4 nitrogen and oxygen atoms in total. The number of rotatable bonds is 8. The molecule has 13 heteroatoms. The van der Waals surface area contributed by atoms with E-state index >= 15 is 0 Å². The van der Waals surface area contributed by atoms with Gasteiger partial charge in [-0.15, -0.1) is 0 Å². The Morgan fingerprint density at radius 1 is 0.482 bits per heavy atom. The summed E-state index contributed by atoms with van der Waals surface area (Å²) in [4.78, 5) is 14.0. The molecule has 3 heterocycles. The van der Waals surface area contributed by atoms with Crippen molar-refractivity contribution >= 4 is 155 Å². The predicted octanol–water partition coefficient (Wildman–Crippen LogP) is 17.4. The summed E-state index contributed by atoms with van der Waals surface area (Å²) in [6.07, 6.45) is 3.84. The summed E-state index contributed by atoms with van der Waals surface area (Å²) in [5.74, 6) is 1.42. The zero-order valence-corrected chi connectivity index (χ0v) is 56.5. The zero-order valence-electron chi connectivity index (χ0n) is 48.7. The molecular formula is C70H65B2Br4Cl2LiN4. The SMILES string of the molecule is CC(C)(C)c1ccnc(-c2ccc(N(c3ccccc3)c3ccccc3Br)c(Br)c2)c1.CC(C)(C)c1ccnc(-c2ccc3c(c2)B(c2cccc(Br)c2)c2ccccc2N3c2ccccc2)c1.C[C-](C)C.ClB(Cl)c1cccc(Br)c1.[Li+]. The number of benzene rings is 8. The zero-order chi connectivity index (χ0) is 58.7. The second kappa shape index (κ2) is 29.8. The first-order valence-electron chi connectivity index (χ1n) is 27.1. The summed E-state index contributed by atoms with van der Waals surface area (Å²) in [5, 5.41) is 0. The van der Waals surface area contributed by atoms with Gasteiger partial charge in [0.2, 0.25) is 6.71 Å². The number of fused-ring (bicyclic) bond motifs is 2. The largest absolute Gasteiger partial charge is 1.00 e. The topological polar surface area (TPSA) is 32.3 Å². The van der Waals surface area contributed by atoms with E-state index in [1.165, 1.54) is 44.8 Å². The Bertz CT molecular complexity index is 3740. The van der Waals surface area contributed by atoms with Crippen molar-refractivity contribution in [3.8, 4) is 22.5 Å². The first-order chi connectivity index (χ1) is 39.2. The van der Waals surface area contributed by atoms with Gasteiger partial charge in [-0.3, -0.25) is 9.97 Å². The molecule has 0 unspecified atom stereocenters. The van der Waals surface area contributed by atoms with Crippen LogP contribution < -0.4 is 50.5 Å². The molecule has 0 aliphatic carbocycles. The standard InChI is InChI=1S/C33H28BBrN2.C27H24Br2N2.C6H4BBrCl2.C4H9.Li/c1-33(2,3)24-18-19-36-30(21-24)23-16-17-32-29(20-23)34(25-10-9-11-26(35)22-25)28-14-7-8-15-31(28)37(32)27-12-5-4-6-13-27;1-27(2,3)20-15-16-30-24(18-20)19-13-14-26(23(29)17-19)31(21-9-5-4-6-10-21)25-12-8-7-11-22(25)28;8-6-3-1-2-5(4-6)7(9)10;1-4(2)3;/h4-22H,1-3H3;4-18H,1-3H3;1-4H;1-3H3;/q;;;-1;+1. The number of anilines is 6. The smallest absolute Gasteiger partial charge is 0.323 e. The van der Waals surface area contributed by atoms with E-state index in [0.29, 0.717) is 0 Å². The van der Waals surface area contributed by atoms with Gasteiger partial charge in [-0.2, -0.15) is 43.7 Å². The van der Waals surface area contributed by atoms with Gasteiger partial charge in [0.25, 0.3) is 0 Å². The van der Waals surface area contributed by atoms with Crippen molar-refractivity contribution in [2.45, 2.75) is 73.1 Å². The molecule has 2 aromatic heterocycles. The molecule has 0 atom stereocenters. The van der Waals surface area contributed by atoms with E-state index in [4.69, 9.17) is 27.9 Å². The summed E-state index contributed by atoms with van der Waals surface area (Å²) in [6.45, 7) is 19.8. The third-order valence-electron chi connectivity index (χ3n) is 13.5. The maximum atomic E-state index is 5.62. The van der Waals surface area contributed by atoms with Crippen LogP contribution in [-0.4, -0.2) is 22.2 Å². The van der Waals surface area contributed by atoms with Crippen LogP contribution in [0.15, 0.2) is 249 Å². The normalized spacial score (nSPS) is 11.5. The molecule has 0 bridgehead atoms. The van der Waals surface area contributed by atoms with Gasteiger partial charge in [0, 0.05) is 58.6 Å². The molecule has 0 saturated heterocycles. The Morgan fingerprint density at radius 2 is 0.988 bits per heavy atom. The fraction of sp³-hybridized carbons (Fsp3) is 0.157. The molecule has 8 aromatic carbocycles. The second-order valence-corrected chi connectivity index (χ2v) is 27.1. The summed E-state index contributed by atoms with van der Waals surface area (Å²) in [5.41, 5.74) is 18.0. The number of para-hydroxylation sites is 4. The van der Waals surface area contributed by atoms with Crippen LogP contribution in [0.2, 0.25) is 0 Å². The van der Waals surface area contributed by atoms with Crippen molar-refractivity contribution in [3.05, 3.63) is 266 Å². The fourth-order valence-electron chi connectivity index (χ4n) is 9.50. The van der Waals surface area contributed by atoms with Crippen LogP contribution in [0, 0.1) is 5.92 Å². The van der Waals surface area contributed by atoms with Crippen molar-refractivity contribution in [3.63, 3.8) is 0 Å². The molecule has 10 aromatic rings. The molecule has 1 aliphatic heterocycles. The van der Waals surface area contributed by atoms with Crippen molar-refractivity contribution in [1.82, 2.24) is 9.97 Å². The molecule has 0 N–H and O–H groups in total. The maximum absolute atomic E-state index is 5.62. The summed E-state index contributed by atoms with van der Waals surface area (Å²) < 4.78 is 4.13. The van der Waals surface area contributed by atoms with Crippen LogP contribution in [-0.2, 0) is 10.8 Å². The monoisotopic (exact) mass is 1380 g/mol. The number of hydrogen-bond acceptors (Lipinski definition) is 4. The van der Waals surface area contributed by atoms with Gasteiger partial charge in [0.1, 0.15) is 0 Å². The molecular weight excluding hydrogens is 1320 g/mol. The Morgan fingerprint density at radius 3 is 1.54 bits per heavy atom. The molecule has 83 heavy (non-hydrogen) atoms. The quantitative estimate of drug-likeness (QED) is 0.112. The Kier molecular flexibility index (Phi) is 23.5. The van der Waals surface area contributed by atoms with Gasteiger partial charge >= 0.3 is 24.4 Å². The van der Waals surface area contributed by atoms with Gasteiger partial charge in [-0.1, -0.05) is 200 Å². The van der Waals surface area contributed by atoms with Crippen molar-refractivity contribution in [2.24, 2.45) is 0 Å². The van der Waals surface area contributed by atoms with Crippen molar-refractivity contribution < 1.29 is 18.9 Å². The van der Waals surface area contributed by atoms with Crippen molar-refractivity contribution in [2.75, 3.05) is 9.80 Å². The third-order valence-corrected chi connectivity index (χ3v) is 16.3. The third kappa shape index (κ3) is 17.1. The van der Waals surface area contributed by atoms with Gasteiger partial charge in [0.05, 0.1) is 22.8 Å². The number of aromatic nitrogens is 2. The van der Waals surface area contributed by atoms with Crippen LogP contribution in [0.5, 0.6) is 0 Å². The van der Waals surface area contributed by atoms with Gasteiger partial charge in [-0.25, -0.2) is 0 Å². The second-order valence-electron chi connectivity index (χ2n) is 22.5. The predicted molar refractivity (Wildman–Crippen MR) is 372 cm³/mol. The Labute approximate surface area is 549 Å². The van der Waals surface area contributed by atoms with Gasteiger partial charge in [0.15, 0.2) is 0 Å². The van der Waals surface area contributed by atoms with Crippen LogP contribution >= 0.6 is 86.6 Å². The van der Waals surface area contributed by atoms with E-state index in [2.05, 4.69) is 323 Å². The van der Waals surface area contributed by atoms with E-state index in [1.807, 2.05) is 48.8 Å². The van der Waals surface area contributed by atoms with E-state index in [1.54, 1.807) is 0 Å². The van der Waals surface area contributed by atoms with Gasteiger partial charge in [-0.05, 0) is 173 Å². The molecule has 1 aliphatic rings. The average Bonchev–Trinajstić information content (AvgIpc) is 2.07. The van der Waals surface area contributed by atoms with Crippen molar-refractivity contribution in [1.29, 1.82) is 0 Å². The molecule has 414 valence electrons. The van der Waals surface area contributed by atoms with Crippen LogP contribution in [0.4, 0.5) is 34.1 Å². The molecule has 11 rings (SSSR count). The molecule has 0 radical (unpaired) electrons. The van der Waals surface area contributed by atoms with E-state index < -0.39 is 5.54 Å². The number of hydrogen-bond donors (Lipinski definition) is 0. The van der Waals surface area contributed by atoms with Gasteiger partial charge < -0.3 is 15.7 Å². The minimum absolute atomic E-state index is 0. The van der Waals surface area contributed by atoms with E-state index in [9.17, 15) is 0 Å². The van der Waals surface area contributed by atoms with Crippen LogP contribution in [0.1, 0.15) is 73.4 Å². The average molecular weight is 1380 g/mol. The van der Waals surface area contributed by atoms with Crippen LogP contribution in [0.3, 0.4) is 0 Å².